The smallest absolute Gasteiger partial charge is 0.318 e. The summed E-state index contributed by atoms with van der Waals surface area (Å²) in [6.07, 6.45) is 2.17. The maximum absolute atomic E-state index is 12.4. The van der Waals surface area contributed by atoms with Crippen LogP contribution in [-0.4, -0.2) is 36.7 Å². The molecule has 0 bridgehead atoms. The third kappa shape index (κ3) is 4.22. The summed E-state index contributed by atoms with van der Waals surface area (Å²) < 4.78 is 5.66. The highest BCUT2D eigenvalue weighted by atomic mass is 16.5. The average Bonchev–Trinajstić information content (AvgIpc) is 2.55. The first-order chi connectivity index (χ1) is 10.6. The Morgan fingerprint density at radius 2 is 2.41 bits per heavy atom. The average molecular weight is 301 g/mol. The molecule has 2 rings (SSSR count). The van der Waals surface area contributed by atoms with Gasteiger partial charge in [-0.2, -0.15) is 5.26 Å². The second-order valence-electron chi connectivity index (χ2n) is 5.64. The lowest BCUT2D eigenvalue weighted by Crippen LogP contribution is -2.50. The quantitative estimate of drug-likeness (QED) is 0.930. The lowest BCUT2D eigenvalue weighted by Gasteiger charge is -2.33. The Morgan fingerprint density at radius 3 is 3.14 bits per heavy atom. The summed E-state index contributed by atoms with van der Waals surface area (Å²) in [6.45, 7) is 5.91. The molecule has 1 fully saturated rings. The van der Waals surface area contributed by atoms with E-state index in [0.717, 1.165) is 18.4 Å². The molecule has 22 heavy (non-hydrogen) atoms. The number of nitriles is 1. The van der Waals surface area contributed by atoms with Crippen molar-refractivity contribution in [2.45, 2.75) is 38.8 Å². The van der Waals surface area contributed by atoms with E-state index in [-0.39, 0.29) is 18.2 Å². The summed E-state index contributed by atoms with van der Waals surface area (Å²) in [4.78, 5) is 14.2. The molecular weight excluding hydrogens is 278 g/mol. The van der Waals surface area contributed by atoms with Crippen LogP contribution in [0, 0.1) is 11.3 Å². The largest absolute Gasteiger partial charge is 0.375 e. The van der Waals surface area contributed by atoms with Gasteiger partial charge in [0, 0.05) is 13.1 Å². The zero-order chi connectivity index (χ0) is 15.9. The van der Waals surface area contributed by atoms with Gasteiger partial charge in [0.05, 0.1) is 30.4 Å². The summed E-state index contributed by atoms with van der Waals surface area (Å²) in [5.74, 6) is 0. The van der Waals surface area contributed by atoms with Crippen LogP contribution in [0.4, 0.5) is 4.79 Å². The number of rotatable bonds is 4. The van der Waals surface area contributed by atoms with Crippen molar-refractivity contribution in [3.05, 3.63) is 35.4 Å². The lowest BCUT2D eigenvalue weighted by molar-refractivity contribution is -0.0184. The summed E-state index contributed by atoms with van der Waals surface area (Å²) in [5, 5.41) is 12.0. The Bertz CT molecular complexity index is 551. The Morgan fingerprint density at radius 1 is 1.59 bits per heavy atom. The third-order valence-corrected chi connectivity index (χ3v) is 3.89. The molecule has 1 aromatic carbocycles. The summed E-state index contributed by atoms with van der Waals surface area (Å²) >= 11 is 0. The third-order valence-electron chi connectivity index (χ3n) is 3.89. The predicted molar refractivity (Wildman–Crippen MR) is 84.3 cm³/mol. The highest BCUT2D eigenvalue weighted by Gasteiger charge is 2.24. The number of morpholine rings is 1. The fourth-order valence-corrected chi connectivity index (χ4v) is 2.64. The molecule has 1 saturated heterocycles. The highest BCUT2D eigenvalue weighted by molar-refractivity contribution is 5.74. The van der Waals surface area contributed by atoms with Crippen LogP contribution in [0.2, 0.25) is 0 Å². The zero-order valence-corrected chi connectivity index (χ0v) is 13.2. The van der Waals surface area contributed by atoms with Crippen molar-refractivity contribution >= 4 is 6.03 Å². The van der Waals surface area contributed by atoms with Crippen LogP contribution in [0.1, 0.15) is 43.9 Å². The van der Waals surface area contributed by atoms with Gasteiger partial charge in [0.2, 0.25) is 0 Å². The fraction of sp³-hybridized carbons (Fsp3) is 0.529. The number of carbonyl (C=O) groups is 1. The first-order valence-electron chi connectivity index (χ1n) is 7.81. The number of nitrogens with zero attached hydrogens (tertiary/aromatic N) is 2. The molecule has 0 aromatic heterocycles. The van der Waals surface area contributed by atoms with Crippen LogP contribution in [0.3, 0.4) is 0 Å². The van der Waals surface area contributed by atoms with Gasteiger partial charge in [-0.05, 0) is 31.0 Å². The van der Waals surface area contributed by atoms with Crippen molar-refractivity contribution in [2.75, 3.05) is 19.7 Å². The van der Waals surface area contributed by atoms with E-state index in [1.54, 1.807) is 6.07 Å². The SMILES string of the molecule is CCC[C@@H]1CN(C(=O)N[C@@H](C)c2cccc(C#N)c2)CCO1. The van der Waals surface area contributed by atoms with Gasteiger partial charge in [-0.15, -0.1) is 0 Å². The molecule has 1 aromatic rings. The predicted octanol–water partition coefficient (Wildman–Crippen LogP) is 2.83. The van der Waals surface area contributed by atoms with Crippen LogP contribution in [0.5, 0.6) is 0 Å². The normalized spacial score (nSPS) is 19.3. The number of nitrogens with one attached hydrogen (secondary N) is 1. The molecule has 0 saturated carbocycles. The first kappa shape index (κ1) is 16.3. The Labute approximate surface area is 131 Å². The van der Waals surface area contributed by atoms with Crippen molar-refractivity contribution in [3.8, 4) is 6.07 Å². The maximum atomic E-state index is 12.4. The van der Waals surface area contributed by atoms with E-state index in [1.807, 2.05) is 30.0 Å². The van der Waals surface area contributed by atoms with Crippen molar-refractivity contribution in [3.63, 3.8) is 0 Å². The van der Waals surface area contributed by atoms with E-state index in [1.165, 1.54) is 0 Å². The molecule has 0 aliphatic carbocycles. The number of amides is 2. The minimum atomic E-state index is -0.131. The molecule has 1 heterocycles. The second kappa shape index (κ2) is 7.81. The van der Waals surface area contributed by atoms with Gasteiger partial charge in [0.25, 0.3) is 0 Å². The molecule has 2 atom stereocenters. The molecule has 0 radical (unpaired) electrons. The molecule has 0 spiro atoms. The fourth-order valence-electron chi connectivity index (χ4n) is 2.64. The van der Waals surface area contributed by atoms with Crippen molar-refractivity contribution in [1.82, 2.24) is 10.2 Å². The Kier molecular flexibility index (Phi) is 5.79. The molecule has 1 aliphatic heterocycles. The minimum Gasteiger partial charge on any atom is -0.375 e. The van der Waals surface area contributed by atoms with Gasteiger partial charge >= 0.3 is 6.03 Å². The number of urea groups is 1. The summed E-state index contributed by atoms with van der Waals surface area (Å²) in [6, 6.07) is 9.24. The van der Waals surface area contributed by atoms with E-state index < -0.39 is 0 Å². The Hall–Kier alpha value is -2.06. The number of hydrogen-bond acceptors (Lipinski definition) is 3. The number of carbonyl (C=O) groups excluding carboxylic acids is 1. The zero-order valence-electron chi connectivity index (χ0n) is 13.2. The van der Waals surface area contributed by atoms with E-state index in [9.17, 15) is 4.79 Å². The van der Waals surface area contributed by atoms with E-state index in [2.05, 4.69) is 18.3 Å². The van der Waals surface area contributed by atoms with Crippen LogP contribution >= 0.6 is 0 Å². The van der Waals surface area contributed by atoms with Gasteiger partial charge in [-0.3, -0.25) is 0 Å². The van der Waals surface area contributed by atoms with Crippen LogP contribution in [-0.2, 0) is 4.74 Å². The monoisotopic (exact) mass is 301 g/mol. The van der Waals surface area contributed by atoms with Gasteiger partial charge < -0.3 is 15.0 Å². The number of ether oxygens (including phenoxy) is 1. The molecular formula is C17H23N3O2. The Balaban J connectivity index is 1.94. The van der Waals surface area contributed by atoms with Crippen LogP contribution in [0.25, 0.3) is 0 Å². The molecule has 1 N–H and O–H groups in total. The number of benzene rings is 1. The maximum Gasteiger partial charge on any atom is 0.318 e. The van der Waals surface area contributed by atoms with Gasteiger partial charge in [-0.1, -0.05) is 25.5 Å². The summed E-state index contributed by atoms with van der Waals surface area (Å²) in [7, 11) is 0. The van der Waals surface area contributed by atoms with Gasteiger partial charge in [0.1, 0.15) is 0 Å². The molecule has 5 heteroatoms. The number of hydrogen-bond donors (Lipinski definition) is 1. The molecule has 2 amide bonds. The van der Waals surface area contributed by atoms with Gasteiger partial charge in [0.15, 0.2) is 0 Å². The molecule has 1 aliphatic rings. The van der Waals surface area contributed by atoms with Crippen molar-refractivity contribution in [1.29, 1.82) is 5.26 Å². The summed E-state index contributed by atoms with van der Waals surface area (Å²) in [5.41, 5.74) is 1.54. The molecule has 5 nitrogen and oxygen atoms in total. The van der Waals surface area contributed by atoms with Crippen LogP contribution in [0.15, 0.2) is 24.3 Å². The molecule has 0 unspecified atom stereocenters. The van der Waals surface area contributed by atoms with E-state index >= 15 is 0 Å². The van der Waals surface area contributed by atoms with Crippen LogP contribution < -0.4 is 5.32 Å². The van der Waals surface area contributed by atoms with E-state index in [0.29, 0.717) is 25.3 Å². The van der Waals surface area contributed by atoms with Crippen molar-refractivity contribution < 1.29 is 9.53 Å². The topological polar surface area (TPSA) is 65.4 Å². The van der Waals surface area contributed by atoms with E-state index in [4.69, 9.17) is 10.00 Å². The molecule has 118 valence electrons. The second-order valence-corrected chi connectivity index (χ2v) is 5.64. The standard InChI is InChI=1S/C17H23N3O2/c1-3-5-16-12-20(8-9-22-16)17(21)19-13(2)15-7-4-6-14(10-15)11-18/h4,6-7,10,13,16H,3,5,8-9,12H2,1-2H3,(H,19,21)/t13-,16+/m0/s1. The lowest BCUT2D eigenvalue weighted by atomic mass is 10.1. The first-order valence-corrected chi connectivity index (χ1v) is 7.81. The van der Waals surface area contributed by atoms with Gasteiger partial charge in [-0.25, -0.2) is 4.79 Å². The highest BCUT2D eigenvalue weighted by Crippen LogP contribution is 2.16. The van der Waals surface area contributed by atoms with Crippen molar-refractivity contribution in [2.24, 2.45) is 0 Å². The minimum absolute atomic E-state index is 0.0701.